The summed E-state index contributed by atoms with van der Waals surface area (Å²) in [6.07, 6.45) is 3.09. The third-order valence-corrected chi connectivity index (χ3v) is 7.58. The number of sulfone groups is 1. The van der Waals surface area contributed by atoms with Crippen LogP contribution in [0.15, 0.2) is 59.8 Å². The van der Waals surface area contributed by atoms with Crippen molar-refractivity contribution >= 4 is 20.7 Å². The normalized spacial score (nSPS) is 11.9. The number of aromatic amines is 2. The van der Waals surface area contributed by atoms with E-state index in [0.29, 0.717) is 16.9 Å². The second-order valence-corrected chi connectivity index (χ2v) is 9.87. The molecule has 2 heterocycles. The number of phenols is 1. The highest BCUT2D eigenvalue weighted by molar-refractivity contribution is 7.90. The molecule has 5 aromatic rings. The van der Waals surface area contributed by atoms with Crippen LogP contribution in [0.1, 0.15) is 11.1 Å². The van der Waals surface area contributed by atoms with E-state index in [-0.39, 0.29) is 27.3 Å². The van der Waals surface area contributed by atoms with Crippen LogP contribution in [0.3, 0.4) is 0 Å². The Morgan fingerprint density at radius 2 is 1.83 bits per heavy atom. The van der Waals surface area contributed by atoms with Gasteiger partial charge < -0.3 is 10.1 Å². The van der Waals surface area contributed by atoms with Gasteiger partial charge in [-0.1, -0.05) is 18.2 Å². The summed E-state index contributed by atoms with van der Waals surface area (Å²) in [6.45, 7) is 1.42. The lowest BCUT2D eigenvalue weighted by Gasteiger charge is -2.13. The Bertz CT molecular complexity index is 1700. The molecule has 3 N–H and O–H groups in total. The van der Waals surface area contributed by atoms with Crippen molar-refractivity contribution in [3.8, 4) is 28.4 Å². The standard InChI is InChI=1S/C24H17F3N4O3S/c1-12-17(32)3-2-4-18(12)35(33,34)11-13-5-8-16(25)19(20(13)26)14-6-7-15-22(21(14)27)30-31-23(15)24-28-9-10-29-24/h2-10,32H,11H2,1H3,(H,28,29)(H,30,31). The van der Waals surface area contributed by atoms with Crippen LogP contribution >= 0.6 is 0 Å². The molecule has 0 aliphatic heterocycles. The highest BCUT2D eigenvalue weighted by Crippen LogP contribution is 2.36. The number of imidazole rings is 1. The van der Waals surface area contributed by atoms with Crippen molar-refractivity contribution in [2.24, 2.45) is 0 Å². The molecule has 0 saturated heterocycles. The van der Waals surface area contributed by atoms with Crippen molar-refractivity contribution in [3.63, 3.8) is 0 Å². The fraction of sp³-hybridized carbons (Fsp3) is 0.0833. The summed E-state index contributed by atoms with van der Waals surface area (Å²) in [7, 11) is -4.11. The summed E-state index contributed by atoms with van der Waals surface area (Å²) in [5.41, 5.74) is -1.09. The first-order valence-electron chi connectivity index (χ1n) is 10.3. The fourth-order valence-electron chi connectivity index (χ4n) is 4.00. The molecule has 35 heavy (non-hydrogen) atoms. The van der Waals surface area contributed by atoms with Crippen LogP contribution in [-0.4, -0.2) is 33.7 Å². The van der Waals surface area contributed by atoms with E-state index in [1.807, 2.05) is 0 Å². The second-order valence-electron chi connectivity index (χ2n) is 7.91. The van der Waals surface area contributed by atoms with Crippen molar-refractivity contribution in [2.45, 2.75) is 17.6 Å². The van der Waals surface area contributed by atoms with Gasteiger partial charge in [-0.15, -0.1) is 0 Å². The fourth-order valence-corrected chi connectivity index (χ4v) is 5.64. The molecule has 3 aromatic carbocycles. The van der Waals surface area contributed by atoms with Crippen molar-refractivity contribution in [1.29, 1.82) is 0 Å². The monoisotopic (exact) mass is 498 g/mol. The maximum Gasteiger partial charge on any atom is 0.183 e. The zero-order valence-electron chi connectivity index (χ0n) is 18.1. The van der Waals surface area contributed by atoms with Crippen LogP contribution in [0.25, 0.3) is 33.5 Å². The van der Waals surface area contributed by atoms with Crippen molar-refractivity contribution in [1.82, 2.24) is 20.2 Å². The molecule has 0 radical (unpaired) electrons. The largest absolute Gasteiger partial charge is 0.508 e. The summed E-state index contributed by atoms with van der Waals surface area (Å²) in [4.78, 5) is 6.77. The molecule has 0 unspecified atom stereocenters. The highest BCUT2D eigenvalue weighted by atomic mass is 32.2. The van der Waals surface area contributed by atoms with Crippen LogP contribution in [0, 0.1) is 24.4 Å². The zero-order chi connectivity index (χ0) is 24.9. The summed E-state index contributed by atoms with van der Waals surface area (Å²) in [5.74, 6) is -3.87. The molecule has 0 saturated carbocycles. The van der Waals surface area contributed by atoms with E-state index in [1.165, 1.54) is 43.5 Å². The molecule has 11 heteroatoms. The number of hydrogen-bond acceptors (Lipinski definition) is 5. The van der Waals surface area contributed by atoms with Crippen molar-refractivity contribution in [2.75, 3.05) is 0 Å². The Balaban J connectivity index is 1.60. The minimum Gasteiger partial charge on any atom is -0.508 e. The molecule has 0 atom stereocenters. The van der Waals surface area contributed by atoms with Crippen LogP contribution < -0.4 is 0 Å². The van der Waals surface area contributed by atoms with Gasteiger partial charge in [0.2, 0.25) is 0 Å². The number of nitrogens with zero attached hydrogens (tertiary/aromatic N) is 2. The van der Waals surface area contributed by atoms with E-state index in [2.05, 4.69) is 20.2 Å². The first-order chi connectivity index (χ1) is 16.7. The number of aromatic hydroxyl groups is 1. The predicted octanol–water partition coefficient (Wildman–Crippen LogP) is 5.03. The molecular formula is C24H17F3N4O3S. The molecule has 5 rings (SSSR count). The average Bonchev–Trinajstić information content (AvgIpc) is 3.49. The van der Waals surface area contributed by atoms with Crippen LogP contribution in [0.4, 0.5) is 13.2 Å². The Hall–Kier alpha value is -4.12. The van der Waals surface area contributed by atoms with Crippen molar-refractivity contribution in [3.05, 3.63) is 83.4 Å². The van der Waals surface area contributed by atoms with E-state index in [1.54, 1.807) is 6.20 Å². The predicted molar refractivity (Wildman–Crippen MR) is 123 cm³/mol. The Kier molecular flexibility index (Phi) is 5.36. The van der Waals surface area contributed by atoms with E-state index in [0.717, 1.165) is 12.1 Å². The SMILES string of the molecule is Cc1c(O)cccc1S(=O)(=O)Cc1ccc(F)c(-c2ccc3c(-c4ncc[nH]4)[nH]nc3c2F)c1F. The van der Waals surface area contributed by atoms with E-state index < -0.39 is 44.2 Å². The third kappa shape index (κ3) is 3.73. The maximum absolute atomic E-state index is 15.5. The van der Waals surface area contributed by atoms with Gasteiger partial charge in [0.15, 0.2) is 21.5 Å². The van der Waals surface area contributed by atoms with Crippen molar-refractivity contribution < 1.29 is 26.7 Å². The number of benzene rings is 3. The molecule has 0 aliphatic rings. The minimum atomic E-state index is -4.11. The first kappa shape index (κ1) is 22.7. The molecule has 0 spiro atoms. The summed E-state index contributed by atoms with van der Waals surface area (Å²) >= 11 is 0. The van der Waals surface area contributed by atoms with Gasteiger partial charge in [-0.05, 0) is 31.2 Å². The Morgan fingerprint density at radius 3 is 2.57 bits per heavy atom. The number of phenolic OH excluding ortho intramolecular Hbond substituents is 1. The summed E-state index contributed by atoms with van der Waals surface area (Å²) < 4.78 is 71.6. The van der Waals surface area contributed by atoms with Gasteiger partial charge in [0.1, 0.15) is 28.6 Å². The number of hydrogen-bond donors (Lipinski definition) is 3. The zero-order valence-corrected chi connectivity index (χ0v) is 18.9. The summed E-state index contributed by atoms with van der Waals surface area (Å²) in [6, 6.07) is 8.52. The van der Waals surface area contributed by atoms with Gasteiger partial charge in [0.05, 0.1) is 16.2 Å². The van der Waals surface area contributed by atoms with Crippen LogP contribution in [0.5, 0.6) is 5.75 Å². The van der Waals surface area contributed by atoms with Gasteiger partial charge in [-0.3, -0.25) is 5.10 Å². The lowest BCUT2D eigenvalue weighted by Crippen LogP contribution is -2.09. The number of rotatable bonds is 5. The topological polar surface area (TPSA) is 112 Å². The molecule has 7 nitrogen and oxygen atoms in total. The smallest absolute Gasteiger partial charge is 0.183 e. The number of H-pyrrole nitrogens is 2. The van der Waals surface area contributed by atoms with Gasteiger partial charge in [0, 0.05) is 34.5 Å². The van der Waals surface area contributed by atoms with Crippen LogP contribution in [0.2, 0.25) is 0 Å². The molecule has 0 amide bonds. The Morgan fingerprint density at radius 1 is 1.03 bits per heavy atom. The quantitative estimate of drug-likeness (QED) is 0.315. The van der Waals surface area contributed by atoms with E-state index >= 15 is 8.78 Å². The molecule has 0 aliphatic carbocycles. The summed E-state index contributed by atoms with van der Waals surface area (Å²) in [5, 5.41) is 16.8. The highest BCUT2D eigenvalue weighted by Gasteiger charge is 2.26. The van der Waals surface area contributed by atoms with Gasteiger partial charge in [0.25, 0.3) is 0 Å². The number of fused-ring (bicyclic) bond motifs is 1. The number of aromatic nitrogens is 4. The first-order valence-corrected chi connectivity index (χ1v) is 12.0. The molecule has 178 valence electrons. The lowest BCUT2D eigenvalue weighted by molar-refractivity contribution is 0.468. The third-order valence-electron chi connectivity index (χ3n) is 5.78. The molecule has 2 aromatic heterocycles. The van der Waals surface area contributed by atoms with Gasteiger partial charge in [-0.2, -0.15) is 5.10 Å². The molecule has 0 bridgehead atoms. The van der Waals surface area contributed by atoms with Gasteiger partial charge in [-0.25, -0.2) is 26.6 Å². The number of nitrogens with one attached hydrogen (secondary N) is 2. The minimum absolute atomic E-state index is 0.109. The Labute approximate surface area is 197 Å². The average molecular weight is 498 g/mol. The molecule has 0 fully saturated rings. The second kappa shape index (κ2) is 8.27. The van der Waals surface area contributed by atoms with Crippen LogP contribution in [-0.2, 0) is 15.6 Å². The van der Waals surface area contributed by atoms with Gasteiger partial charge >= 0.3 is 0 Å². The van der Waals surface area contributed by atoms with E-state index in [4.69, 9.17) is 0 Å². The lowest BCUT2D eigenvalue weighted by atomic mass is 9.99. The maximum atomic E-state index is 15.5. The van der Waals surface area contributed by atoms with E-state index in [9.17, 15) is 17.9 Å². The number of halogens is 3. The molecular weight excluding hydrogens is 481 g/mol.